The van der Waals surface area contributed by atoms with Crippen LogP contribution in [0.3, 0.4) is 0 Å². The second-order valence-corrected chi connectivity index (χ2v) is 5.15. The van der Waals surface area contributed by atoms with Crippen LogP contribution in [0.5, 0.6) is 0 Å². The Labute approximate surface area is 116 Å². The van der Waals surface area contributed by atoms with Gasteiger partial charge in [-0.3, -0.25) is 0 Å². The zero-order chi connectivity index (χ0) is 14.4. The summed E-state index contributed by atoms with van der Waals surface area (Å²) in [5.41, 5.74) is 0.489. The lowest BCUT2D eigenvalue weighted by Gasteiger charge is -2.20. The highest BCUT2D eigenvalue weighted by Crippen LogP contribution is 2.17. The quantitative estimate of drug-likeness (QED) is 0.838. The van der Waals surface area contributed by atoms with Crippen LogP contribution in [0, 0.1) is 6.92 Å². The van der Waals surface area contributed by atoms with E-state index < -0.39 is 5.97 Å². The van der Waals surface area contributed by atoms with Crippen molar-refractivity contribution in [1.82, 2.24) is 15.2 Å². The molecular weight excluding hydrogens is 266 g/mol. The average Bonchev–Trinajstić information content (AvgIpc) is 2.74. The number of rotatable bonds is 6. The van der Waals surface area contributed by atoms with Crippen molar-refractivity contribution in [3.05, 3.63) is 15.6 Å². The Hall–Kier alpha value is -1.63. The van der Waals surface area contributed by atoms with Gasteiger partial charge in [0.1, 0.15) is 9.88 Å². The summed E-state index contributed by atoms with van der Waals surface area (Å²) in [4.78, 5) is 28.8. The molecule has 7 heteroatoms. The number of carbonyl (C=O) groups excluding carboxylic acids is 1. The van der Waals surface area contributed by atoms with Crippen molar-refractivity contribution >= 4 is 23.3 Å². The van der Waals surface area contributed by atoms with Gasteiger partial charge in [0.05, 0.1) is 12.2 Å². The molecule has 19 heavy (non-hydrogen) atoms. The molecule has 106 valence electrons. The van der Waals surface area contributed by atoms with Crippen LogP contribution in [0.1, 0.15) is 40.6 Å². The molecule has 1 rings (SSSR count). The van der Waals surface area contributed by atoms with E-state index in [1.54, 1.807) is 11.8 Å². The second-order valence-electron chi connectivity index (χ2n) is 4.07. The van der Waals surface area contributed by atoms with E-state index in [-0.39, 0.29) is 17.5 Å². The maximum absolute atomic E-state index is 11.8. The van der Waals surface area contributed by atoms with E-state index in [9.17, 15) is 9.59 Å². The molecule has 0 atom stereocenters. The van der Waals surface area contributed by atoms with Crippen LogP contribution in [0.25, 0.3) is 0 Å². The number of carboxylic acid groups (broad SMARTS) is 1. The van der Waals surface area contributed by atoms with Gasteiger partial charge in [-0.15, -0.1) is 11.3 Å². The number of carbonyl (C=O) groups is 2. The maximum Gasteiger partial charge on any atom is 0.347 e. The minimum Gasteiger partial charge on any atom is -0.477 e. The van der Waals surface area contributed by atoms with Gasteiger partial charge in [-0.25, -0.2) is 14.6 Å². The Morgan fingerprint density at radius 2 is 2.11 bits per heavy atom. The van der Waals surface area contributed by atoms with Gasteiger partial charge in [0.15, 0.2) is 0 Å². The largest absolute Gasteiger partial charge is 0.477 e. The Kier molecular flexibility index (Phi) is 5.75. The van der Waals surface area contributed by atoms with Crippen LogP contribution in [-0.2, 0) is 6.54 Å². The number of aromatic nitrogens is 1. The Balaban J connectivity index is 2.59. The maximum atomic E-state index is 11.8. The van der Waals surface area contributed by atoms with Crippen LogP contribution in [0.2, 0.25) is 0 Å². The molecule has 0 spiro atoms. The lowest BCUT2D eigenvalue weighted by Crippen LogP contribution is -2.39. The van der Waals surface area contributed by atoms with Gasteiger partial charge < -0.3 is 15.3 Å². The Morgan fingerprint density at radius 3 is 2.58 bits per heavy atom. The number of carboxylic acids is 1. The number of nitrogens with zero attached hydrogens (tertiary/aromatic N) is 2. The Morgan fingerprint density at radius 1 is 1.42 bits per heavy atom. The van der Waals surface area contributed by atoms with E-state index in [0.717, 1.165) is 17.8 Å². The van der Waals surface area contributed by atoms with Crippen LogP contribution in [-0.4, -0.2) is 40.1 Å². The molecule has 6 nitrogen and oxygen atoms in total. The average molecular weight is 285 g/mol. The third-order valence-electron chi connectivity index (χ3n) is 2.59. The monoisotopic (exact) mass is 285 g/mol. The van der Waals surface area contributed by atoms with Crippen molar-refractivity contribution in [3.8, 4) is 0 Å². The van der Waals surface area contributed by atoms with Gasteiger partial charge >= 0.3 is 12.0 Å². The normalized spacial score (nSPS) is 10.3. The summed E-state index contributed by atoms with van der Waals surface area (Å²) in [6.45, 7) is 7.21. The zero-order valence-electron chi connectivity index (χ0n) is 11.4. The number of urea groups is 1. The number of amides is 2. The molecule has 0 aromatic carbocycles. The van der Waals surface area contributed by atoms with E-state index in [1.165, 1.54) is 0 Å². The number of aryl methyl sites for hydroxylation is 1. The van der Waals surface area contributed by atoms with Crippen molar-refractivity contribution in [3.63, 3.8) is 0 Å². The van der Waals surface area contributed by atoms with Crippen LogP contribution < -0.4 is 5.32 Å². The first-order valence-corrected chi connectivity index (χ1v) is 7.03. The molecule has 2 amide bonds. The van der Waals surface area contributed by atoms with E-state index >= 15 is 0 Å². The molecule has 0 saturated carbocycles. The lowest BCUT2D eigenvalue weighted by atomic mass is 10.4. The molecule has 0 unspecified atom stereocenters. The van der Waals surface area contributed by atoms with Crippen molar-refractivity contribution in [2.24, 2.45) is 0 Å². The van der Waals surface area contributed by atoms with Crippen molar-refractivity contribution in [1.29, 1.82) is 0 Å². The summed E-state index contributed by atoms with van der Waals surface area (Å²) in [5, 5.41) is 12.3. The van der Waals surface area contributed by atoms with Crippen LogP contribution in [0.4, 0.5) is 4.79 Å². The first-order chi connectivity index (χ1) is 8.99. The number of hydrogen-bond donors (Lipinski definition) is 2. The highest BCUT2D eigenvalue weighted by Gasteiger charge is 2.15. The number of hydrogen-bond acceptors (Lipinski definition) is 4. The summed E-state index contributed by atoms with van der Waals surface area (Å²) in [6, 6.07) is -0.144. The first kappa shape index (κ1) is 15.4. The number of nitrogens with one attached hydrogen (secondary N) is 1. The zero-order valence-corrected chi connectivity index (χ0v) is 12.2. The molecule has 2 N–H and O–H groups in total. The van der Waals surface area contributed by atoms with Gasteiger partial charge in [0, 0.05) is 13.1 Å². The molecule has 1 aromatic heterocycles. The predicted octanol–water partition coefficient (Wildman–Crippen LogP) is 2.09. The third kappa shape index (κ3) is 4.20. The fourth-order valence-corrected chi connectivity index (χ4v) is 2.51. The van der Waals surface area contributed by atoms with Crippen molar-refractivity contribution < 1.29 is 14.7 Å². The molecular formula is C12H19N3O3S. The summed E-state index contributed by atoms with van der Waals surface area (Å²) < 4.78 is 0. The van der Waals surface area contributed by atoms with Crippen molar-refractivity contribution in [2.75, 3.05) is 13.1 Å². The summed E-state index contributed by atoms with van der Waals surface area (Å²) in [7, 11) is 0. The topological polar surface area (TPSA) is 82.5 Å². The summed E-state index contributed by atoms with van der Waals surface area (Å²) in [5.74, 6) is -0.978. The first-order valence-electron chi connectivity index (χ1n) is 6.21. The molecule has 0 fully saturated rings. The lowest BCUT2D eigenvalue weighted by molar-refractivity contribution is 0.0701. The fourth-order valence-electron chi connectivity index (χ4n) is 1.66. The molecule has 1 aromatic rings. The highest BCUT2D eigenvalue weighted by molar-refractivity contribution is 7.13. The molecule has 0 aliphatic rings. The predicted molar refractivity (Wildman–Crippen MR) is 73.6 cm³/mol. The molecule has 0 radical (unpaired) electrons. The fraction of sp³-hybridized carbons (Fsp3) is 0.583. The number of thiazole rings is 1. The number of aromatic carboxylic acids is 1. The summed E-state index contributed by atoms with van der Waals surface area (Å²) >= 11 is 1.10. The van der Waals surface area contributed by atoms with E-state index in [2.05, 4.69) is 10.3 Å². The molecule has 0 aliphatic heterocycles. The standard InChI is InChI=1S/C12H19N3O3S/c1-4-6-15(5-2)12(18)13-7-9-14-8(3)10(19-9)11(16)17/h4-7H2,1-3H3,(H,13,18)(H,16,17). The van der Waals surface area contributed by atoms with E-state index in [0.29, 0.717) is 23.8 Å². The molecule has 0 aliphatic carbocycles. The van der Waals surface area contributed by atoms with Crippen molar-refractivity contribution in [2.45, 2.75) is 33.7 Å². The SMILES string of the molecule is CCCN(CC)C(=O)NCc1nc(C)c(C(=O)O)s1. The minimum absolute atomic E-state index is 0.144. The van der Waals surface area contributed by atoms with E-state index in [4.69, 9.17) is 5.11 Å². The van der Waals surface area contributed by atoms with Crippen LogP contribution >= 0.6 is 11.3 Å². The second kappa shape index (κ2) is 7.08. The van der Waals surface area contributed by atoms with Gasteiger partial charge in [-0.1, -0.05) is 6.92 Å². The molecule has 1 heterocycles. The van der Waals surface area contributed by atoms with E-state index in [1.807, 2.05) is 13.8 Å². The van der Waals surface area contributed by atoms with Gasteiger partial charge in [-0.05, 0) is 20.3 Å². The van der Waals surface area contributed by atoms with Gasteiger partial charge in [0.25, 0.3) is 0 Å². The van der Waals surface area contributed by atoms with Crippen LogP contribution in [0.15, 0.2) is 0 Å². The third-order valence-corrected chi connectivity index (χ3v) is 3.73. The van der Waals surface area contributed by atoms with Gasteiger partial charge in [0.2, 0.25) is 0 Å². The summed E-state index contributed by atoms with van der Waals surface area (Å²) in [6.07, 6.45) is 0.904. The molecule has 0 saturated heterocycles. The highest BCUT2D eigenvalue weighted by atomic mass is 32.1. The smallest absolute Gasteiger partial charge is 0.347 e. The minimum atomic E-state index is -0.978. The Bertz CT molecular complexity index is 459. The van der Waals surface area contributed by atoms with Gasteiger partial charge in [-0.2, -0.15) is 0 Å². The molecule has 0 bridgehead atoms.